The van der Waals surface area contributed by atoms with Crippen molar-refractivity contribution in [1.29, 1.82) is 0 Å². The summed E-state index contributed by atoms with van der Waals surface area (Å²) in [5, 5.41) is 11.3. The fourth-order valence-corrected chi connectivity index (χ4v) is 1.09. The molecule has 0 aliphatic carbocycles. The number of hydrogen-bond donors (Lipinski definition) is 2. The average Bonchev–Trinajstić information content (AvgIpc) is 2.29. The standard InChI is InChI=1S/C11H10N2O3/c1-2-3-6-13-10(14)9-8(11(15)16)5-4-7-12-9/h1,4-5,7H,3,6H2,(H,13,14)(H,15,16). The molecule has 0 spiro atoms. The van der Waals surface area contributed by atoms with E-state index >= 15 is 0 Å². The first-order valence-corrected chi connectivity index (χ1v) is 4.56. The summed E-state index contributed by atoms with van der Waals surface area (Å²) in [6, 6.07) is 2.78. The SMILES string of the molecule is C#CCCNC(=O)c1ncccc1C(=O)O. The highest BCUT2D eigenvalue weighted by Gasteiger charge is 2.16. The molecule has 0 bridgehead atoms. The third-order valence-electron chi connectivity index (χ3n) is 1.81. The van der Waals surface area contributed by atoms with E-state index in [1.54, 1.807) is 0 Å². The molecular weight excluding hydrogens is 208 g/mol. The van der Waals surface area contributed by atoms with Gasteiger partial charge < -0.3 is 10.4 Å². The Hall–Kier alpha value is -2.35. The van der Waals surface area contributed by atoms with Gasteiger partial charge in [0.2, 0.25) is 0 Å². The summed E-state index contributed by atoms with van der Waals surface area (Å²) in [6.45, 7) is 0.297. The van der Waals surface area contributed by atoms with Gasteiger partial charge in [0.1, 0.15) is 5.69 Å². The highest BCUT2D eigenvalue weighted by atomic mass is 16.4. The number of amides is 1. The summed E-state index contributed by atoms with van der Waals surface area (Å²) in [5.41, 5.74) is -0.229. The first kappa shape index (κ1) is 11.7. The first-order chi connectivity index (χ1) is 7.66. The molecule has 0 atom stereocenters. The number of carbonyl (C=O) groups excluding carboxylic acids is 1. The molecule has 82 valence electrons. The summed E-state index contributed by atoms with van der Waals surface area (Å²) < 4.78 is 0. The van der Waals surface area contributed by atoms with Crippen molar-refractivity contribution in [3.05, 3.63) is 29.6 Å². The summed E-state index contributed by atoms with van der Waals surface area (Å²) >= 11 is 0. The van der Waals surface area contributed by atoms with Crippen LogP contribution < -0.4 is 5.32 Å². The van der Waals surface area contributed by atoms with Crippen LogP contribution in [0.3, 0.4) is 0 Å². The minimum Gasteiger partial charge on any atom is -0.478 e. The Bertz CT molecular complexity index is 449. The van der Waals surface area contributed by atoms with Crippen molar-refractivity contribution in [3.8, 4) is 12.3 Å². The lowest BCUT2D eigenvalue weighted by molar-refractivity contribution is 0.0690. The van der Waals surface area contributed by atoms with Gasteiger partial charge in [0.25, 0.3) is 5.91 Å². The maximum Gasteiger partial charge on any atom is 0.338 e. The van der Waals surface area contributed by atoms with E-state index < -0.39 is 11.9 Å². The minimum atomic E-state index is -1.19. The number of aromatic nitrogens is 1. The zero-order chi connectivity index (χ0) is 12.0. The molecule has 16 heavy (non-hydrogen) atoms. The molecule has 0 saturated heterocycles. The molecule has 1 aromatic rings. The molecule has 0 saturated carbocycles. The third kappa shape index (κ3) is 2.82. The van der Waals surface area contributed by atoms with Crippen molar-refractivity contribution in [2.24, 2.45) is 0 Å². The highest BCUT2D eigenvalue weighted by molar-refractivity contribution is 6.03. The van der Waals surface area contributed by atoms with Gasteiger partial charge in [-0.2, -0.15) is 0 Å². The summed E-state index contributed by atoms with van der Waals surface area (Å²) in [7, 11) is 0. The van der Waals surface area contributed by atoms with Crippen LogP contribution in [-0.4, -0.2) is 28.5 Å². The monoisotopic (exact) mass is 218 g/mol. The summed E-state index contributed by atoms with van der Waals surface area (Å²) in [6.07, 6.45) is 6.77. The first-order valence-electron chi connectivity index (χ1n) is 4.56. The fourth-order valence-electron chi connectivity index (χ4n) is 1.09. The number of rotatable bonds is 4. The molecule has 0 unspecified atom stereocenters. The van der Waals surface area contributed by atoms with Gasteiger partial charge in [-0.3, -0.25) is 9.78 Å². The van der Waals surface area contributed by atoms with E-state index in [9.17, 15) is 9.59 Å². The molecule has 1 rings (SSSR count). The number of terminal acetylenes is 1. The van der Waals surface area contributed by atoms with Gasteiger partial charge >= 0.3 is 5.97 Å². The topological polar surface area (TPSA) is 79.3 Å². The molecule has 0 fully saturated rings. The van der Waals surface area contributed by atoms with E-state index in [1.807, 2.05) is 0 Å². The number of hydrogen-bond acceptors (Lipinski definition) is 3. The van der Waals surface area contributed by atoms with Crippen LogP contribution in [0.2, 0.25) is 0 Å². The fraction of sp³-hybridized carbons (Fsp3) is 0.182. The molecule has 1 heterocycles. The molecule has 2 N–H and O–H groups in total. The zero-order valence-corrected chi connectivity index (χ0v) is 8.43. The van der Waals surface area contributed by atoms with Crippen LogP contribution in [0, 0.1) is 12.3 Å². The number of nitrogens with zero attached hydrogens (tertiary/aromatic N) is 1. The highest BCUT2D eigenvalue weighted by Crippen LogP contribution is 2.04. The Balaban J connectivity index is 2.83. The van der Waals surface area contributed by atoms with Crippen molar-refractivity contribution >= 4 is 11.9 Å². The van der Waals surface area contributed by atoms with Crippen LogP contribution in [0.5, 0.6) is 0 Å². The van der Waals surface area contributed by atoms with Crippen LogP contribution in [-0.2, 0) is 0 Å². The predicted molar refractivity (Wildman–Crippen MR) is 57.0 cm³/mol. The average molecular weight is 218 g/mol. The van der Waals surface area contributed by atoms with Crippen LogP contribution >= 0.6 is 0 Å². The van der Waals surface area contributed by atoms with Gasteiger partial charge in [-0.1, -0.05) is 0 Å². The number of carboxylic acid groups (broad SMARTS) is 1. The lowest BCUT2D eigenvalue weighted by Crippen LogP contribution is -2.27. The summed E-state index contributed by atoms with van der Waals surface area (Å²) in [4.78, 5) is 26.1. The Morgan fingerprint density at radius 2 is 2.31 bits per heavy atom. The van der Waals surface area contributed by atoms with Gasteiger partial charge in [0, 0.05) is 19.2 Å². The normalized spacial score (nSPS) is 9.19. The third-order valence-corrected chi connectivity index (χ3v) is 1.81. The molecule has 0 radical (unpaired) electrons. The second-order valence-corrected chi connectivity index (χ2v) is 2.91. The quantitative estimate of drug-likeness (QED) is 0.570. The van der Waals surface area contributed by atoms with Crippen molar-refractivity contribution in [2.45, 2.75) is 6.42 Å². The van der Waals surface area contributed by atoms with Crippen molar-refractivity contribution < 1.29 is 14.7 Å². The zero-order valence-electron chi connectivity index (χ0n) is 8.43. The van der Waals surface area contributed by atoms with Crippen molar-refractivity contribution in [3.63, 3.8) is 0 Å². The number of aromatic carboxylic acids is 1. The molecular formula is C11H10N2O3. The Morgan fingerprint density at radius 1 is 1.56 bits per heavy atom. The predicted octanol–water partition coefficient (Wildman–Crippen LogP) is 0.533. The largest absolute Gasteiger partial charge is 0.478 e. The second kappa shape index (κ2) is 5.51. The lowest BCUT2D eigenvalue weighted by Gasteiger charge is -2.04. The molecule has 5 heteroatoms. The van der Waals surface area contributed by atoms with E-state index in [0.717, 1.165) is 0 Å². The maximum absolute atomic E-state index is 11.5. The second-order valence-electron chi connectivity index (χ2n) is 2.91. The number of carbonyl (C=O) groups is 2. The van der Waals surface area contributed by atoms with E-state index in [4.69, 9.17) is 11.5 Å². The van der Waals surface area contributed by atoms with Gasteiger partial charge in [-0.05, 0) is 12.1 Å². The smallest absolute Gasteiger partial charge is 0.338 e. The van der Waals surface area contributed by atoms with Gasteiger partial charge in [-0.25, -0.2) is 4.79 Å². The summed E-state index contributed by atoms with van der Waals surface area (Å²) in [5.74, 6) is 0.641. The molecule has 1 aromatic heterocycles. The van der Waals surface area contributed by atoms with E-state index in [0.29, 0.717) is 13.0 Å². The van der Waals surface area contributed by atoms with E-state index in [2.05, 4.69) is 16.2 Å². The number of nitrogens with one attached hydrogen (secondary N) is 1. The maximum atomic E-state index is 11.5. The number of carboxylic acids is 1. The Kier molecular flexibility index (Phi) is 4.04. The van der Waals surface area contributed by atoms with E-state index in [-0.39, 0.29) is 11.3 Å². The minimum absolute atomic E-state index is 0.105. The van der Waals surface area contributed by atoms with Crippen molar-refractivity contribution in [1.82, 2.24) is 10.3 Å². The Labute approximate surface area is 92.5 Å². The molecule has 1 amide bonds. The van der Waals surface area contributed by atoms with Crippen LogP contribution in [0.15, 0.2) is 18.3 Å². The van der Waals surface area contributed by atoms with Gasteiger partial charge in [0.05, 0.1) is 5.56 Å². The van der Waals surface area contributed by atoms with Crippen LogP contribution in [0.25, 0.3) is 0 Å². The molecule has 5 nitrogen and oxygen atoms in total. The molecule has 0 aromatic carbocycles. The number of pyridine rings is 1. The molecule has 0 aliphatic rings. The Morgan fingerprint density at radius 3 is 2.94 bits per heavy atom. The van der Waals surface area contributed by atoms with Crippen LogP contribution in [0.1, 0.15) is 27.3 Å². The van der Waals surface area contributed by atoms with Gasteiger partial charge in [-0.15, -0.1) is 12.3 Å². The van der Waals surface area contributed by atoms with Crippen molar-refractivity contribution in [2.75, 3.05) is 6.54 Å². The van der Waals surface area contributed by atoms with E-state index in [1.165, 1.54) is 18.3 Å². The van der Waals surface area contributed by atoms with Crippen LogP contribution in [0.4, 0.5) is 0 Å². The lowest BCUT2D eigenvalue weighted by atomic mass is 10.2. The molecule has 0 aliphatic heterocycles. The van der Waals surface area contributed by atoms with Gasteiger partial charge in [0.15, 0.2) is 0 Å².